The van der Waals surface area contributed by atoms with Gasteiger partial charge in [0.1, 0.15) is 12.4 Å². The van der Waals surface area contributed by atoms with Gasteiger partial charge in [0.2, 0.25) is 0 Å². The molecule has 0 spiro atoms. The predicted octanol–water partition coefficient (Wildman–Crippen LogP) is 3.89. The Morgan fingerprint density at radius 2 is 1.76 bits per heavy atom. The number of nitrogens with two attached hydrogens (primary N) is 1. The molecule has 3 aromatic rings. The van der Waals surface area contributed by atoms with Gasteiger partial charge in [-0.3, -0.25) is 5.10 Å². The second-order valence-electron chi connectivity index (χ2n) is 4.64. The molecule has 21 heavy (non-hydrogen) atoms. The minimum absolute atomic E-state index is 0.421. The summed E-state index contributed by atoms with van der Waals surface area (Å²) in [6.45, 7) is 0.421. The fourth-order valence-electron chi connectivity index (χ4n) is 1.93. The lowest BCUT2D eigenvalue weighted by atomic mass is 10.1. The monoisotopic (exact) mass is 299 g/mol. The molecule has 4 nitrogen and oxygen atoms in total. The number of rotatable bonds is 4. The zero-order valence-electron chi connectivity index (χ0n) is 11.2. The van der Waals surface area contributed by atoms with Gasteiger partial charge in [0.25, 0.3) is 0 Å². The molecule has 0 saturated carbocycles. The van der Waals surface area contributed by atoms with Crippen molar-refractivity contribution in [3.63, 3.8) is 0 Å². The third-order valence-electron chi connectivity index (χ3n) is 3.05. The zero-order chi connectivity index (χ0) is 14.7. The van der Waals surface area contributed by atoms with Crippen molar-refractivity contribution in [2.45, 2.75) is 6.61 Å². The summed E-state index contributed by atoms with van der Waals surface area (Å²) in [6, 6.07) is 16.8. The molecule has 3 rings (SSSR count). The topological polar surface area (TPSA) is 63.9 Å². The van der Waals surface area contributed by atoms with Crippen molar-refractivity contribution < 1.29 is 4.74 Å². The summed E-state index contributed by atoms with van der Waals surface area (Å²) in [5.41, 5.74) is 9.12. The van der Waals surface area contributed by atoms with Gasteiger partial charge in [0.15, 0.2) is 0 Å². The number of ether oxygens (including phenoxy) is 1. The molecule has 0 fully saturated rings. The number of aromatic amines is 1. The van der Waals surface area contributed by atoms with Gasteiger partial charge in [-0.1, -0.05) is 23.7 Å². The number of halogens is 1. The molecule has 0 radical (unpaired) electrons. The van der Waals surface area contributed by atoms with Crippen molar-refractivity contribution in [3.05, 3.63) is 65.3 Å². The first-order valence-corrected chi connectivity index (χ1v) is 6.87. The molecule has 0 saturated heterocycles. The SMILES string of the molecule is Nc1ccc(OCc2cc(-c3ccc(Cl)cc3)n[nH]2)cc1. The summed E-state index contributed by atoms with van der Waals surface area (Å²) in [7, 11) is 0. The molecule has 0 aliphatic carbocycles. The number of nitrogen functional groups attached to an aromatic ring is 1. The average molecular weight is 300 g/mol. The van der Waals surface area contributed by atoms with Crippen molar-refractivity contribution in [2.24, 2.45) is 0 Å². The number of aromatic nitrogens is 2. The first kappa shape index (κ1) is 13.5. The third-order valence-corrected chi connectivity index (χ3v) is 3.30. The highest BCUT2D eigenvalue weighted by Gasteiger charge is 2.04. The summed E-state index contributed by atoms with van der Waals surface area (Å²) in [4.78, 5) is 0. The van der Waals surface area contributed by atoms with Gasteiger partial charge in [0, 0.05) is 16.3 Å². The quantitative estimate of drug-likeness (QED) is 0.718. The molecule has 2 aromatic carbocycles. The number of hydrogen-bond acceptors (Lipinski definition) is 3. The van der Waals surface area contributed by atoms with Crippen LogP contribution in [0.2, 0.25) is 5.02 Å². The molecule has 106 valence electrons. The normalized spacial score (nSPS) is 10.5. The molecular weight excluding hydrogens is 286 g/mol. The van der Waals surface area contributed by atoms with E-state index in [2.05, 4.69) is 10.2 Å². The Bertz CT molecular complexity index is 720. The van der Waals surface area contributed by atoms with Crippen molar-refractivity contribution in [2.75, 3.05) is 5.73 Å². The molecule has 0 aliphatic rings. The van der Waals surface area contributed by atoms with Crippen LogP contribution in [0.4, 0.5) is 5.69 Å². The van der Waals surface area contributed by atoms with Gasteiger partial charge in [-0.2, -0.15) is 5.10 Å². The van der Waals surface area contributed by atoms with Crippen molar-refractivity contribution in [1.29, 1.82) is 0 Å². The Labute approximate surface area is 127 Å². The van der Waals surface area contributed by atoms with E-state index in [-0.39, 0.29) is 0 Å². The van der Waals surface area contributed by atoms with E-state index in [1.807, 2.05) is 42.5 Å². The summed E-state index contributed by atoms with van der Waals surface area (Å²) in [5.74, 6) is 0.770. The number of nitrogens with zero attached hydrogens (tertiary/aromatic N) is 1. The minimum atomic E-state index is 0.421. The van der Waals surface area contributed by atoms with E-state index in [1.165, 1.54) is 0 Å². The van der Waals surface area contributed by atoms with Crippen LogP contribution in [0, 0.1) is 0 Å². The van der Waals surface area contributed by atoms with Crippen LogP contribution in [0.15, 0.2) is 54.6 Å². The summed E-state index contributed by atoms with van der Waals surface area (Å²) in [6.07, 6.45) is 0. The Morgan fingerprint density at radius 3 is 2.48 bits per heavy atom. The molecule has 1 heterocycles. The van der Waals surface area contributed by atoms with Crippen LogP contribution in [0.1, 0.15) is 5.69 Å². The highest BCUT2D eigenvalue weighted by atomic mass is 35.5. The fourth-order valence-corrected chi connectivity index (χ4v) is 2.06. The standard InChI is InChI=1S/C16H14ClN3O/c17-12-3-1-11(2-4-12)16-9-14(19-20-16)10-21-15-7-5-13(18)6-8-15/h1-9H,10,18H2,(H,19,20). The lowest BCUT2D eigenvalue weighted by Crippen LogP contribution is -1.95. The molecule has 0 amide bonds. The van der Waals surface area contributed by atoms with E-state index in [0.717, 1.165) is 22.7 Å². The predicted molar refractivity (Wildman–Crippen MR) is 84.2 cm³/mol. The molecule has 3 N–H and O–H groups in total. The summed E-state index contributed by atoms with van der Waals surface area (Å²) in [5, 5.41) is 7.95. The van der Waals surface area contributed by atoms with Crippen LogP contribution >= 0.6 is 11.6 Å². The Hall–Kier alpha value is -2.46. The van der Waals surface area contributed by atoms with Gasteiger partial charge in [0.05, 0.1) is 11.4 Å². The molecule has 0 aliphatic heterocycles. The maximum Gasteiger partial charge on any atom is 0.130 e. The van der Waals surface area contributed by atoms with Gasteiger partial charge in [-0.15, -0.1) is 0 Å². The molecule has 5 heteroatoms. The van der Waals surface area contributed by atoms with E-state index in [4.69, 9.17) is 22.1 Å². The number of anilines is 1. The van der Waals surface area contributed by atoms with Crippen molar-refractivity contribution in [3.8, 4) is 17.0 Å². The van der Waals surface area contributed by atoms with Crippen LogP contribution in [0.5, 0.6) is 5.75 Å². The Balaban J connectivity index is 1.67. The fraction of sp³-hybridized carbons (Fsp3) is 0.0625. The minimum Gasteiger partial charge on any atom is -0.487 e. The Kier molecular flexibility index (Phi) is 3.79. The van der Waals surface area contributed by atoms with E-state index >= 15 is 0 Å². The van der Waals surface area contributed by atoms with Crippen molar-refractivity contribution >= 4 is 17.3 Å². The zero-order valence-corrected chi connectivity index (χ0v) is 12.0. The summed E-state index contributed by atoms with van der Waals surface area (Å²) >= 11 is 5.88. The first-order valence-electron chi connectivity index (χ1n) is 6.49. The second kappa shape index (κ2) is 5.89. The van der Waals surface area contributed by atoms with E-state index in [0.29, 0.717) is 17.3 Å². The largest absolute Gasteiger partial charge is 0.487 e. The van der Waals surface area contributed by atoms with Crippen LogP contribution in [0.3, 0.4) is 0 Å². The van der Waals surface area contributed by atoms with Crippen LogP contribution in [0.25, 0.3) is 11.3 Å². The van der Waals surface area contributed by atoms with Gasteiger partial charge in [-0.05, 0) is 42.5 Å². The van der Waals surface area contributed by atoms with E-state index in [9.17, 15) is 0 Å². The average Bonchev–Trinajstić information content (AvgIpc) is 2.96. The number of nitrogens with one attached hydrogen (secondary N) is 1. The Morgan fingerprint density at radius 1 is 1.05 bits per heavy atom. The molecular formula is C16H14ClN3O. The third kappa shape index (κ3) is 3.35. The van der Waals surface area contributed by atoms with Crippen LogP contribution < -0.4 is 10.5 Å². The maximum atomic E-state index is 5.88. The van der Waals surface area contributed by atoms with Crippen LogP contribution in [-0.4, -0.2) is 10.2 Å². The molecule has 1 aromatic heterocycles. The van der Waals surface area contributed by atoms with Gasteiger partial charge >= 0.3 is 0 Å². The van der Waals surface area contributed by atoms with Gasteiger partial charge < -0.3 is 10.5 Å². The second-order valence-corrected chi connectivity index (χ2v) is 5.08. The first-order chi connectivity index (χ1) is 10.2. The summed E-state index contributed by atoms with van der Waals surface area (Å²) < 4.78 is 5.67. The molecule has 0 unspecified atom stereocenters. The lowest BCUT2D eigenvalue weighted by molar-refractivity contribution is 0.301. The van der Waals surface area contributed by atoms with E-state index < -0.39 is 0 Å². The maximum absolute atomic E-state index is 5.88. The van der Waals surface area contributed by atoms with Crippen molar-refractivity contribution in [1.82, 2.24) is 10.2 Å². The van der Waals surface area contributed by atoms with E-state index in [1.54, 1.807) is 12.1 Å². The highest BCUT2D eigenvalue weighted by molar-refractivity contribution is 6.30. The lowest BCUT2D eigenvalue weighted by Gasteiger charge is -2.04. The van der Waals surface area contributed by atoms with Crippen LogP contribution in [-0.2, 0) is 6.61 Å². The smallest absolute Gasteiger partial charge is 0.130 e. The molecule has 0 bridgehead atoms. The van der Waals surface area contributed by atoms with Gasteiger partial charge in [-0.25, -0.2) is 0 Å². The number of H-pyrrole nitrogens is 1. The number of benzene rings is 2. The molecule has 0 atom stereocenters. The highest BCUT2D eigenvalue weighted by Crippen LogP contribution is 2.21. The number of hydrogen-bond donors (Lipinski definition) is 2.